The van der Waals surface area contributed by atoms with Gasteiger partial charge in [-0.1, -0.05) is 12.1 Å². The Bertz CT molecular complexity index is 1020. The predicted octanol–water partition coefficient (Wildman–Crippen LogP) is 3.14. The first-order valence-corrected chi connectivity index (χ1v) is 8.15. The van der Waals surface area contributed by atoms with Crippen molar-refractivity contribution >= 4 is 28.3 Å². The molecule has 8 heteroatoms. The van der Waals surface area contributed by atoms with E-state index in [-0.39, 0.29) is 11.3 Å². The first-order valence-electron chi connectivity index (χ1n) is 8.15. The van der Waals surface area contributed by atoms with Crippen molar-refractivity contribution < 1.29 is 19.2 Å². The number of hydrogen-bond donors (Lipinski definition) is 2. The van der Waals surface area contributed by atoms with Crippen LogP contribution in [0.25, 0.3) is 10.9 Å². The zero-order valence-corrected chi connectivity index (χ0v) is 14.7. The number of aromatic amines is 1. The van der Waals surface area contributed by atoms with Gasteiger partial charge in [-0.25, -0.2) is 0 Å². The molecule has 0 fully saturated rings. The van der Waals surface area contributed by atoms with Gasteiger partial charge in [-0.15, -0.1) is 0 Å². The summed E-state index contributed by atoms with van der Waals surface area (Å²) in [6, 6.07) is 10.8. The topological polar surface area (TPSA) is 114 Å². The van der Waals surface area contributed by atoms with Crippen molar-refractivity contribution in [3.8, 4) is 5.75 Å². The Kier molecular flexibility index (Phi) is 4.89. The van der Waals surface area contributed by atoms with Gasteiger partial charge in [0.1, 0.15) is 5.75 Å². The molecule has 0 spiro atoms. The maximum absolute atomic E-state index is 12.5. The van der Waals surface area contributed by atoms with Crippen LogP contribution in [0.4, 0.5) is 5.69 Å². The number of amides is 1. The molecule has 2 aromatic carbocycles. The number of carbonyl (C=O) groups excluding carboxylic acids is 2. The quantitative estimate of drug-likeness (QED) is 0.301. The van der Waals surface area contributed by atoms with Gasteiger partial charge in [0.25, 0.3) is 17.4 Å². The molecule has 0 bridgehead atoms. The van der Waals surface area contributed by atoms with E-state index in [0.29, 0.717) is 16.7 Å². The van der Waals surface area contributed by atoms with Crippen LogP contribution in [0.5, 0.6) is 5.75 Å². The zero-order chi connectivity index (χ0) is 19.6. The minimum Gasteiger partial charge on any atom is -0.497 e. The number of H-pyrrole nitrogens is 1. The maximum Gasteiger partial charge on any atom is 0.292 e. The second-order valence-corrected chi connectivity index (χ2v) is 5.99. The summed E-state index contributed by atoms with van der Waals surface area (Å²) in [6.45, 7) is 1.76. The molecule has 3 aromatic rings. The summed E-state index contributed by atoms with van der Waals surface area (Å²) in [6.07, 6.45) is 1.38. The van der Waals surface area contributed by atoms with E-state index in [0.717, 1.165) is 5.56 Å². The Morgan fingerprint density at radius 1 is 1.19 bits per heavy atom. The molecule has 138 valence electrons. The molecule has 27 heavy (non-hydrogen) atoms. The molecule has 1 heterocycles. The monoisotopic (exact) mass is 367 g/mol. The second kappa shape index (κ2) is 7.28. The third-order valence-electron chi connectivity index (χ3n) is 4.29. The number of benzene rings is 2. The average Bonchev–Trinajstić information content (AvgIpc) is 3.10. The highest BCUT2D eigenvalue weighted by Gasteiger charge is 2.23. The van der Waals surface area contributed by atoms with E-state index >= 15 is 0 Å². The van der Waals surface area contributed by atoms with Crippen LogP contribution in [0.1, 0.15) is 28.9 Å². The highest BCUT2D eigenvalue weighted by Crippen LogP contribution is 2.24. The van der Waals surface area contributed by atoms with Crippen LogP contribution >= 0.6 is 0 Å². The normalized spacial score (nSPS) is 11.8. The van der Waals surface area contributed by atoms with E-state index in [2.05, 4.69) is 10.3 Å². The van der Waals surface area contributed by atoms with Crippen molar-refractivity contribution in [3.63, 3.8) is 0 Å². The number of nitro benzene ring substituents is 1. The summed E-state index contributed by atoms with van der Waals surface area (Å²) in [5, 5.41) is 13.9. The van der Waals surface area contributed by atoms with Crippen molar-refractivity contribution in [2.75, 3.05) is 7.11 Å². The first kappa shape index (κ1) is 18.1. The van der Waals surface area contributed by atoms with Gasteiger partial charge in [0.15, 0.2) is 0 Å². The summed E-state index contributed by atoms with van der Waals surface area (Å²) in [4.78, 5) is 38.2. The summed E-state index contributed by atoms with van der Waals surface area (Å²) < 4.78 is 5.09. The highest BCUT2D eigenvalue weighted by molar-refractivity contribution is 6.45. The molecule has 3 rings (SSSR count). The Balaban J connectivity index is 1.80. The lowest BCUT2D eigenvalue weighted by molar-refractivity contribution is -0.384. The average molecular weight is 367 g/mol. The minimum atomic E-state index is -0.786. The predicted molar refractivity (Wildman–Crippen MR) is 98.8 cm³/mol. The molecular weight excluding hydrogens is 350 g/mol. The Labute approximate surface area is 154 Å². The molecule has 8 nitrogen and oxygen atoms in total. The third-order valence-corrected chi connectivity index (χ3v) is 4.29. The third kappa shape index (κ3) is 3.64. The number of non-ortho nitro benzene ring substituents is 1. The molecule has 1 aromatic heterocycles. The van der Waals surface area contributed by atoms with E-state index in [1.165, 1.54) is 24.4 Å². The first-order chi connectivity index (χ1) is 12.9. The van der Waals surface area contributed by atoms with E-state index in [4.69, 9.17) is 4.74 Å². The van der Waals surface area contributed by atoms with Gasteiger partial charge >= 0.3 is 0 Å². The van der Waals surface area contributed by atoms with Crippen LogP contribution in [-0.4, -0.2) is 28.7 Å². The molecule has 0 unspecified atom stereocenters. The zero-order valence-electron chi connectivity index (χ0n) is 14.7. The maximum atomic E-state index is 12.5. The van der Waals surface area contributed by atoms with Gasteiger partial charge in [0, 0.05) is 29.2 Å². The molecule has 1 atom stereocenters. The minimum absolute atomic E-state index is 0.0909. The number of hydrogen-bond acceptors (Lipinski definition) is 5. The van der Waals surface area contributed by atoms with Gasteiger partial charge in [0.2, 0.25) is 0 Å². The van der Waals surface area contributed by atoms with Crippen molar-refractivity contribution in [1.29, 1.82) is 0 Å². The van der Waals surface area contributed by atoms with Crippen LogP contribution in [0.15, 0.2) is 48.7 Å². The van der Waals surface area contributed by atoms with E-state index < -0.39 is 22.7 Å². The van der Waals surface area contributed by atoms with Crippen LogP contribution in [-0.2, 0) is 4.79 Å². The van der Waals surface area contributed by atoms with Crippen LogP contribution in [0.3, 0.4) is 0 Å². The van der Waals surface area contributed by atoms with Crippen LogP contribution in [0, 0.1) is 10.1 Å². The number of methoxy groups -OCH3 is 1. The van der Waals surface area contributed by atoms with Gasteiger partial charge in [-0.2, -0.15) is 0 Å². The molecular formula is C19H17N3O5. The number of fused-ring (bicyclic) bond motifs is 1. The molecule has 0 aliphatic heterocycles. The van der Waals surface area contributed by atoms with Crippen molar-refractivity contribution in [3.05, 3.63) is 69.9 Å². The summed E-state index contributed by atoms with van der Waals surface area (Å²) in [5.74, 6) is -0.860. The second-order valence-electron chi connectivity index (χ2n) is 5.99. The number of rotatable bonds is 6. The molecule has 0 saturated carbocycles. The fourth-order valence-corrected chi connectivity index (χ4v) is 2.77. The molecule has 0 radical (unpaired) electrons. The smallest absolute Gasteiger partial charge is 0.292 e. The van der Waals surface area contributed by atoms with Crippen LogP contribution < -0.4 is 10.1 Å². The highest BCUT2D eigenvalue weighted by atomic mass is 16.6. The lowest BCUT2D eigenvalue weighted by Gasteiger charge is -2.14. The van der Waals surface area contributed by atoms with E-state index in [1.807, 2.05) is 0 Å². The molecule has 0 saturated heterocycles. The van der Waals surface area contributed by atoms with Gasteiger partial charge in [-0.3, -0.25) is 19.7 Å². The molecule has 2 N–H and O–H groups in total. The number of nitro groups is 1. The fourth-order valence-electron chi connectivity index (χ4n) is 2.77. The number of aromatic nitrogens is 1. The number of nitrogens with one attached hydrogen (secondary N) is 2. The van der Waals surface area contributed by atoms with Crippen LogP contribution in [0.2, 0.25) is 0 Å². The van der Waals surface area contributed by atoms with Gasteiger partial charge in [-0.05, 0) is 30.7 Å². The number of ketones is 1. The largest absolute Gasteiger partial charge is 0.497 e. The SMILES string of the molecule is COc1ccc([C@H](C)NC(=O)C(=O)c2c[nH]c3ccc([N+](=O)[O-])cc23)cc1. The Morgan fingerprint density at radius 3 is 2.52 bits per heavy atom. The lowest BCUT2D eigenvalue weighted by atomic mass is 10.1. The summed E-state index contributed by atoms with van der Waals surface area (Å²) in [7, 11) is 1.56. The summed E-state index contributed by atoms with van der Waals surface area (Å²) in [5.41, 5.74) is 1.29. The number of Topliss-reactive ketones (excluding diaryl/α,β-unsaturated/α-hetero) is 1. The molecule has 0 aliphatic carbocycles. The lowest BCUT2D eigenvalue weighted by Crippen LogP contribution is -2.33. The summed E-state index contributed by atoms with van der Waals surface area (Å²) >= 11 is 0. The molecule has 0 aliphatic rings. The Hall–Kier alpha value is -3.68. The standard InChI is InChI=1S/C19H17N3O5/c1-11(12-3-6-14(27-2)7-4-12)21-19(24)18(23)16-10-20-17-8-5-13(22(25)26)9-15(16)17/h3-11,20H,1-2H3,(H,21,24)/t11-/m0/s1. The number of nitrogens with zero attached hydrogens (tertiary/aromatic N) is 1. The number of carbonyl (C=O) groups is 2. The van der Waals surface area contributed by atoms with E-state index in [1.54, 1.807) is 38.3 Å². The molecule has 1 amide bonds. The fraction of sp³-hybridized carbons (Fsp3) is 0.158. The van der Waals surface area contributed by atoms with Crippen molar-refractivity contribution in [1.82, 2.24) is 10.3 Å². The van der Waals surface area contributed by atoms with E-state index in [9.17, 15) is 19.7 Å². The number of ether oxygens (including phenoxy) is 1. The van der Waals surface area contributed by atoms with Gasteiger partial charge in [0.05, 0.1) is 23.6 Å². The van der Waals surface area contributed by atoms with Gasteiger partial charge < -0.3 is 15.0 Å². The van der Waals surface area contributed by atoms with Crippen molar-refractivity contribution in [2.45, 2.75) is 13.0 Å². The Morgan fingerprint density at radius 2 is 1.89 bits per heavy atom. The van der Waals surface area contributed by atoms with Crippen molar-refractivity contribution in [2.24, 2.45) is 0 Å².